The van der Waals surface area contributed by atoms with E-state index in [1.54, 1.807) is 18.2 Å². The van der Waals surface area contributed by atoms with E-state index in [1.165, 1.54) is 25.7 Å². The van der Waals surface area contributed by atoms with E-state index in [2.05, 4.69) is 21.2 Å². The number of rotatable bonds is 3. The van der Waals surface area contributed by atoms with E-state index in [0.29, 0.717) is 16.3 Å². The lowest BCUT2D eigenvalue weighted by Gasteiger charge is -2.27. The first-order valence-electron chi connectivity index (χ1n) is 6.80. The van der Waals surface area contributed by atoms with Gasteiger partial charge in [-0.05, 0) is 49.4 Å². The maximum Gasteiger partial charge on any atom is 0.251 e. The van der Waals surface area contributed by atoms with Crippen molar-refractivity contribution < 1.29 is 9.90 Å². The Morgan fingerprint density at radius 2 is 2.16 bits per heavy atom. The fraction of sp³-hybridized carbons (Fsp3) is 0.533. The Morgan fingerprint density at radius 1 is 1.42 bits per heavy atom. The maximum atomic E-state index is 12.1. The number of hydrogen-bond acceptors (Lipinski definition) is 2. The third kappa shape index (κ3) is 3.72. The number of carbonyl (C=O) groups excluding carboxylic acids is 1. The third-order valence-corrected chi connectivity index (χ3v) is 5.00. The smallest absolute Gasteiger partial charge is 0.251 e. The molecule has 2 unspecified atom stereocenters. The number of phenols is 1. The van der Waals surface area contributed by atoms with Gasteiger partial charge in [0, 0.05) is 16.9 Å². The minimum Gasteiger partial charge on any atom is -0.508 e. The number of aryl methyl sites for hydroxylation is 1. The zero-order valence-corrected chi connectivity index (χ0v) is 12.7. The lowest BCUT2D eigenvalue weighted by molar-refractivity contribution is 0.0944. The fourth-order valence-corrected chi connectivity index (χ4v) is 3.39. The monoisotopic (exact) mass is 325 g/mol. The molecule has 2 atom stereocenters. The highest BCUT2D eigenvalue weighted by Crippen LogP contribution is 2.29. The van der Waals surface area contributed by atoms with E-state index in [-0.39, 0.29) is 11.7 Å². The first-order chi connectivity index (χ1) is 9.08. The number of amides is 1. The van der Waals surface area contributed by atoms with Gasteiger partial charge in [0.1, 0.15) is 5.75 Å². The van der Waals surface area contributed by atoms with Gasteiger partial charge in [0.2, 0.25) is 0 Å². The molecule has 1 saturated carbocycles. The van der Waals surface area contributed by atoms with Crippen LogP contribution in [0.15, 0.2) is 18.2 Å². The second-order valence-corrected chi connectivity index (χ2v) is 6.45. The predicted molar refractivity (Wildman–Crippen MR) is 79.9 cm³/mol. The largest absolute Gasteiger partial charge is 0.508 e. The van der Waals surface area contributed by atoms with Crippen molar-refractivity contribution in [1.29, 1.82) is 0 Å². The standard InChI is InChI=1S/C15H20BrNO2/c1-10-8-12(18)6-7-13(10)15(19)17-9-11-4-2-3-5-14(11)16/h6-8,11,14,18H,2-5,9H2,1H3,(H,17,19). The minimum atomic E-state index is -0.0530. The molecule has 1 amide bonds. The minimum absolute atomic E-state index is 0.0530. The summed E-state index contributed by atoms with van der Waals surface area (Å²) >= 11 is 3.70. The molecule has 0 aromatic heterocycles. The molecule has 0 aliphatic heterocycles. The van der Waals surface area contributed by atoms with Crippen LogP contribution in [0.5, 0.6) is 5.75 Å². The summed E-state index contributed by atoms with van der Waals surface area (Å²) in [7, 11) is 0. The molecule has 1 aliphatic rings. The summed E-state index contributed by atoms with van der Waals surface area (Å²) in [6.45, 7) is 2.55. The average molecular weight is 326 g/mol. The van der Waals surface area contributed by atoms with Crippen molar-refractivity contribution in [2.24, 2.45) is 5.92 Å². The van der Waals surface area contributed by atoms with E-state index in [0.717, 1.165) is 12.1 Å². The van der Waals surface area contributed by atoms with Gasteiger partial charge >= 0.3 is 0 Å². The van der Waals surface area contributed by atoms with Gasteiger partial charge in [-0.1, -0.05) is 28.8 Å². The van der Waals surface area contributed by atoms with Crippen LogP contribution in [0.2, 0.25) is 0 Å². The van der Waals surface area contributed by atoms with Crippen LogP contribution in [0, 0.1) is 12.8 Å². The van der Waals surface area contributed by atoms with Crippen molar-refractivity contribution in [2.75, 3.05) is 6.54 Å². The summed E-state index contributed by atoms with van der Waals surface area (Å²) in [6, 6.07) is 4.84. The fourth-order valence-electron chi connectivity index (χ4n) is 2.61. The second kappa shape index (κ2) is 6.42. The molecular formula is C15H20BrNO2. The van der Waals surface area contributed by atoms with Crippen LogP contribution < -0.4 is 5.32 Å². The van der Waals surface area contributed by atoms with Crippen molar-refractivity contribution in [3.63, 3.8) is 0 Å². The highest BCUT2D eigenvalue weighted by molar-refractivity contribution is 9.09. The highest BCUT2D eigenvalue weighted by atomic mass is 79.9. The molecule has 1 aromatic rings. The molecule has 1 aromatic carbocycles. The zero-order chi connectivity index (χ0) is 13.8. The van der Waals surface area contributed by atoms with Gasteiger partial charge < -0.3 is 10.4 Å². The SMILES string of the molecule is Cc1cc(O)ccc1C(=O)NCC1CCCCC1Br. The average Bonchev–Trinajstić information content (AvgIpc) is 2.37. The number of phenolic OH excluding ortho intramolecular Hbond substituents is 1. The molecule has 4 heteroatoms. The number of aromatic hydroxyl groups is 1. The number of hydrogen-bond donors (Lipinski definition) is 2. The van der Waals surface area contributed by atoms with Gasteiger partial charge in [-0.3, -0.25) is 4.79 Å². The molecule has 0 bridgehead atoms. The first-order valence-corrected chi connectivity index (χ1v) is 7.71. The number of carbonyl (C=O) groups is 1. The summed E-state index contributed by atoms with van der Waals surface area (Å²) in [6.07, 6.45) is 4.89. The Morgan fingerprint density at radius 3 is 2.84 bits per heavy atom. The van der Waals surface area contributed by atoms with Crippen molar-refractivity contribution in [3.8, 4) is 5.75 Å². The van der Waals surface area contributed by atoms with Crippen LogP contribution >= 0.6 is 15.9 Å². The summed E-state index contributed by atoms with van der Waals surface area (Å²) in [5, 5.41) is 12.4. The summed E-state index contributed by atoms with van der Waals surface area (Å²) < 4.78 is 0. The number of halogens is 1. The van der Waals surface area contributed by atoms with Gasteiger partial charge in [-0.2, -0.15) is 0 Å². The molecule has 19 heavy (non-hydrogen) atoms. The van der Waals surface area contributed by atoms with Crippen LogP contribution in [0.4, 0.5) is 0 Å². The van der Waals surface area contributed by atoms with Crippen LogP contribution in [-0.2, 0) is 0 Å². The number of alkyl halides is 1. The highest BCUT2D eigenvalue weighted by Gasteiger charge is 2.23. The molecule has 2 N–H and O–H groups in total. The van der Waals surface area contributed by atoms with Gasteiger partial charge in [-0.15, -0.1) is 0 Å². The van der Waals surface area contributed by atoms with Crippen molar-refractivity contribution >= 4 is 21.8 Å². The van der Waals surface area contributed by atoms with Crippen molar-refractivity contribution in [1.82, 2.24) is 5.32 Å². The van der Waals surface area contributed by atoms with Gasteiger partial charge in [0.25, 0.3) is 5.91 Å². The van der Waals surface area contributed by atoms with E-state index in [4.69, 9.17) is 0 Å². The first kappa shape index (κ1) is 14.4. The topological polar surface area (TPSA) is 49.3 Å². The predicted octanol–water partition coefficient (Wildman–Crippen LogP) is 3.38. The van der Waals surface area contributed by atoms with Crippen LogP contribution in [0.1, 0.15) is 41.6 Å². The van der Waals surface area contributed by atoms with E-state index in [9.17, 15) is 9.90 Å². The molecule has 0 saturated heterocycles. The molecule has 1 aliphatic carbocycles. The van der Waals surface area contributed by atoms with Crippen LogP contribution in [0.3, 0.4) is 0 Å². The molecule has 0 radical (unpaired) electrons. The van der Waals surface area contributed by atoms with Crippen LogP contribution in [0.25, 0.3) is 0 Å². The second-order valence-electron chi connectivity index (χ2n) is 5.27. The quantitative estimate of drug-likeness (QED) is 0.837. The van der Waals surface area contributed by atoms with Gasteiger partial charge in [-0.25, -0.2) is 0 Å². The Labute approximate surface area is 122 Å². The Balaban J connectivity index is 1.93. The lowest BCUT2D eigenvalue weighted by atomic mass is 9.89. The normalized spacial score (nSPS) is 23.1. The Bertz CT molecular complexity index is 461. The summed E-state index contributed by atoms with van der Waals surface area (Å²) in [4.78, 5) is 12.6. The molecule has 0 heterocycles. The number of benzene rings is 1. The van der Waals surface area contributed by atoms with E-state index < -0.39 is 0 Å². The molecule has 1 fully saturated rings. The lowest BCUT2D eigenvalue weighted by Crippen LogP contribution is -2.34. The molecule has 104 valence electrons. The van der Waals surface area contributed by atoms with Gasteiger partial charge in [0.05, 0.1) is 0 Å². The van der Waals surface area contributed by atoms with Crippen molar-refractivity contribution in [3.05, 3.63) is 29.3 Å². The summed E-state index contributed by atoms with van der Waals surface area (Å²) in [5.74, 6) is 0.666. The van der Waals surface area contributed by atoms with Crippen LogP contribution in [-0.4, -0.2) is 22.4 Å². The third-order valence-electron chi connectivity index (χ3n) is 3.80. The van der Waals surface area contributed by atoms with E-state index >= 15 is 0 Å². The summed E-state index contributed by atoms with van der Waals surface area (Å²) in [5.41, 5.74) is 1.44. The number of nitrogens with one attached hydrogen (secondary N) is 1. The molecule has 0 spiro atoms. The van der Waals surface area contributed by atoms with Gasteiger partial charge in [0.15, 0.2) is 0 Å². The Kier molecular flexibility index (Phi) is 4.86. The maximum absolute atomic E-state index is 12.1. The molecule has 2 rings (SSSR count). The van der Waals surface area contributed by atoms with E-state index in [1.807, 2.05) is 6.92 Å². The van der Waals surface area contributed by atoms with Crippen molar-refractivity contribution in [2.45, 2.75) is 37.4 Å². The zero-order valence-electron chi connectivity index (χ0n) is 11.2. The Hall–Kier alpha value is -1.03. The molecular weight excluding hydrogens is 306 g/mol. The molecule has 3 nitrogen and oxygen atoms in total.